The Balaban J connectivity index is 0. The van der Waals surface area contributed by atoms with Crippen LogP contribution in [0.4, 0.5) is 0 Å². The minimum absolute atomic E-state index is 0. The van der Waals surface area contributed by atoms with E-state index < -0.39 is 11.4 Å². The van der Waals surface area contributed by atoms with E-state index in [1.54, 1.807) is 24.5 Å². The van der Waals surface area contributed by atoms with E-state index in [9.17, 15) is 14.7 Å². The van der Waals surface area contributed by atoms with Gasteiger partial charge >= 0.3 is 5.63 Å². The Labute approximate surface area is 232 Å². The number of hydrogen-bond donors (Lipinski definition) is 1. The fourth-order valence-electron chi connectivity index (χ4n) is 2.61. The van der Waals surface area contributed by atoms with Crippen molar-refractivity contribution in [1.82, 2.24) is 0 Å². The molecule has 1 N–H and O–H groups in total. The number of rotatable bonds is 11. The number of aryl methyl sites for hydroxylation is 1. The van der Waals surface area contributed by atoms with Crippen LogP contribution < -0.4 is 5.63 Å². The zero-order valence-electron chi connectivity index (χ0n) is 21.4. The van der Waals surface area contributed by atoms with Gasteiger partial charge in [0, 0.05) is 74.6 Å². The summed E-state index contributed by atoms with van der Waals surface area (Å²) in [5.41, 5.74) is 2.52. The van der Waals surface area contributed by atoms with Gasteiger partial charge in [0.05, 0.1) is 6.61 Å². The number of nitrogens with zero attached hydrogens (tertiary/aromatic N) is 1. The number of carbonyl (C=O) groups excluding carboxylic acids is 1. The van der Waals surface area contributed by atoms with Gasteiger partial charge in [-0.15, -0.1) is 17.4 Å². The van der Waals surface area contributed by atoms with Crippen molar-refractivity contribution >= 4 is 17.1 Å². The van der Waals surface area contributed by atoms with Crippen molar-refractivity contribution in [2.75, 3.05) is 13.7 Å². The Morgan fingerprint density at radius 3 is 2.47 bits per heavy atom. The van der Waals surface area contributed by atoms with Gasteiger partial charge in [0.15, 0.2) is 5.78 Å². The van der Waals surface area contributed by atoms with Crippen LogP contribution in [0.3, 0.4) is 0 Å². The molecule has 0 bridgehead atoms. The van der Waals surface area contributed by atoms with Crippen molar-refractivity contribution in [2.24, 2.45) is 0 Å². The second-order valence-corrected chi connectivity index (χ2v) is 8.15. The van der Waals surface area contributed by atoms with Crippen molar-refractivity contribution in [1.29, 1.82) is 0 Å². The maximum atomic E-state index is 11.8. The average Bonchev–Trinajstić information content (AvgIpc) is 3.23. The summed E-state index contributed by atoms with van der Waals surface area (Å²) in [5.74, 6) is -0.446. The summed E-state index contributed by atoms with van der Waals surface area (Å²) in [5, 5.41) is 9.84. The van der Waals surface area contributed by atoms with Crippen molar-refractivity contribution < 1.29 is 56.6 Å². The summed E-state index contributed by atoms with van der Waals surface area (Å²) >= 11 is 1.80. The zero-order valence-corrected chi connectivity index (χ0v) is 25.1. The standard InChI is InChI=1S/C15H20NO5.C8H12OS.C2H6.Y/c1-4-11(17)14-12(18)9-13(21-15(14)19)10(2)7-5-6-8-16-20-3;1-3-9-6-8-5-4-7(2)10-8;1-2;/h6,8-10H,4-5,7H2,1-3H3,(H,17,18,19);4-5H,3,6H2,1-2H3;1-2H3;/q-1;;;/b8-6-;;;. The second kappa shape index (κ2) is 21.0. The van der Waals surface area contributed by atoms with Crippen molar-refractivity contribution in [3.05, 3.63) is 67.5 Å². The summed E-state index contributed by atoms with van der Waals surface area (Å²) in [7, 11) is 1.46. The molecule has 2 rings (SSSR count). The molecule has 0 saturated carbocycles. The largest absolute Gasteiger partial charge is 0.569 e. The molecule has 7 nitrogen and oxygen atoms in total. The molecule has 2 aromatic rings. The molecule has 9 heteroatoms. The smallest absolute Gasteiger partial charge is 0.350 e. The van der Waals surface area contributed by atoms with Gasteiger partial charge in [-0.1, -0.05) is 27.7 Å². The van der Waals surface area contributed by atoms with Gasteiger partial charge in [0.2, 0.25) is 0 Å². The fourth-order valence-corrected chi connectivity index (χ4v) is 3.44. The zero-order chi connectivity index (χ0) is 25.2. The van der Waals surface area contributed by atoms with Gasteiger partial charge < -0.3 is 24.6 Å². The molecule has 0 aliphatic rings. The van der Waals surface area contributed by atoms with Crippen molar-refractivity contribution in [2.45, 2.75) is 73.3 Å². The van der Waals surface area contributed by atoms with Crippen LogP contribution in [-0.2, 0) is 48.9 Å². The first-order chi connectivity index (χ1) is 15.8. The molecule has 0 saturated heterocycles. The Kier molecular flexibility index (Phi) is 21.5. The van der Waals surface area contributed by atoms with Crippen LogP contribution in [0.15, 0.2) is 39.7 Å². The van der Waals surface area contributed by atoms with Crippen LogP contribution in [0.2, 0.25) is 0 Å². The first-order valence-electron chi connectivity index (χ1n) is 11.2. The van der Waals surface area contributed by atoms with Gasteiger partial charge in [-0.05, 0) is 38.8 Å². The molecule has 34 heavy (non-hydrogen) atoms. The Morgan fingerprint density at radius 2 is 1.97 bits per heavy atom. The van der Waals surface area contributed by atoms with E-state index in [-0.39, 0.29) is 56.4 Å². The summed E-state index contributed by atoms with van der Waals surface area (Å²) in [6.45, 7) is 13.2. The normalized spacial score (nSPS) is 10.9. The molecule has 2 heterocycles. The molecule has 189 valence electrons. The van der Waals surface area contributed by atoms with E-state index in [1.807, 2.05) is 33.8 Å². The number of thiophene rings is 1. The summed E-state index contributed by atoms with van der Waals surface area (Å²) < 4.78 is 10.4. The Hall–Kier alpha value is -1.32. The SMILES string of the molecule is CC.CCC(=O)c1c(O)cc(C(C)CC/C=C\[N-]OC)oc1=O.CCOCc1ccc(C)s1.[Y]. The van der Waals surface area contributed by atoms with Gasteiger partial charge in [-0.25, -0.2) is 4.79 Å². The van der Waals surface area contributed by atoms with E-state index in [0.29, 0.717) is 18.6 Å². The van der Waals surface area contributed by atoms with Crippen LogP contribution in [0.25, 0.3) is 5.48 Å². The molecule has 0 fully saturated rings. The summed E-state index contributed by atoms with van der Waals surface area (Å²) in [6, 6.07) is 5.59. The van der Waals surface area contributed by atoms with Gasteiger partial charge in [-0.2, -0.15) is 6.20 Å². The summed E-state index contributed by atoms with van der Waals surface area (Å²) in [4.78, 5) is 30.5. The van der Waals surface area contributed by atoms with Gasteiger partial charge in [-0.3, -0.25) is 4.79 Å². The van der Waals surface area contributed by atoms with Crippen LogP contribution in [-0.4, -0.2) is 24.6 Å². The number of aromatic hydroxyl groups is 1. The average molecular weight is 570 g/mol. The Bertz CT molecular complexity index is 894. The molecular formula is C25H38NO6SY-. The van der Waals surface area contributed by atoms with E-state index in [1.165, 1.54) is 22.9 Å². The summed E-state index contributed by atoms with van der Waals surface area (Å²) in [6.07, 6.45) is 4.94. The van der Waals surface area contributed by atoms with Crippen LogP contribution in [0, 0.1) is 6.92 Å². The molecule has 1 unspecified atom stereocenters. The van der Waals surface area contributed by atoms with Crippen molar-refractivity contribution in [3.8, 4) is 5.75 Å². The maximum absolute atomic E-state index is 11.8. The molecule has 2 aromatic heterocycles. The molecular weight excluding hydrogens is 531 g/mol. The predicted octanol–water partition coefficient (Wildman–Crippen LogP) is 6.89. The van der Waals surface area contributed by atoms with Crippen LogP contribution >= 0.6 is 11.3 Å². The maximum Gasteiger partial charge on any atom is 0.350 e. The first-order valence-corrected chi connectivity index (χ1v) is 12.1. The van der Waals surface area contributed by atoms with Crippen molar-refractivity contribution in [3.63, 3.8) is 0 Å². The van der Waals surface area contributed by atoms with Crippen LogP contribution in [0.5, 0.6) is 5.75 Å². The number of allylic oxidation sites excluding steroid dienone is 1. The number of Topliss-reactive ketones (excluding diaryl/α,β-unsaturated/α-hetero) is 1. The third-order valence-electron chi connectivity index (χ3n) is 4.32. The van der Waals surface area contributed by atoms with Crippen LogP contribution in [0.1, 0.15) is 85.7 Å². The minimum atomic E-state index is -0.784. The first kappa shape index (κ1) is 34.8. The third kappa shape index (κ3) is 13.5. The van der Waals surface area contributed by atoms with E-state index >= 15 is 0 Å². The third-order valence-corrected chi connectivity index (χ3v) is 5.29. The van der Waals surface area contributed by atoms with E-state index in [4.69, 9.17) is 9.15 Å². The molecule has 0 aliphatic carbocycles. The van der Waals surface area contributed by atoms with Gasteiger partial charge in [0.25, 0.3) is 0 Å². The molecule has 0 amide bonds. The Morgan fingerprint density at radius 1 is 1.29 bits per heavy atom. The minimum Gasteiger partial charge on any atom is -0.569 e. The predicted molar refractivity (Wildman–Crippen MR) is 134 cm³/mol. The number of hydroxylamine groups is 1. The topological polar surface area (TPSA) is 100 Å². The van der Waals surface area contributed by atoms with E-state index in [0.717, 1.165) is 13.2 Å². The van der Waals surface area contributed by atoms with E-state index in [2.05, 4.69) is 29.4 Å². The fraction of sp³-hybridized carbons (Fsp3) is 0.520. The monoisotopic (exact) mass is 569 g/mol. The number of ether oxygens (including phenoxy) is 1. The molecule has 1 atom stereocenters. The molecule has 0 aromatic carbocycles. The molecule has 0 aliphatic heterocycles. The quantitative estimate of drug-likeness (QED) is 0.234. The van der Waals surface area contributed by atoms with Gasteiger partial charge in [0.1, 0.15) is 17.1 Å². The second-order valence-electron chi connectivity index (χ2n) is 6.77. The number of hydrogen-bond acceptors (Lipinski definition) is 7. The molecule has 1 radical (unpaired) electrons. The number of carbonyl (C=O) groups is 1. The molecule has 0 spiro atoms. The number of ketones is 1.